The smallest absolute Gasteiger partial charge is 0.234 e. The lowest BCUT2D eigenvalue weighted by Gasteiger charge is -2.39. The number of carbonyl (C=O) groups excluding carboxylic acids is 2. The van der Waals surface area contributed by atoms with Gasteiger partial charge in [-0.3, -0.25) is 9.59 Å². The summed E-state index contributed by atoms with van der Waals surface area (Å²) in [7, 11) is 0. The van der Waals surface area contributed by atoms with Gasteiger partial charge in [0, 0.05) is 37.0 Å². The third-order valence-electron chi connectivity index (χ3n) is 7.07. The number of nitrogens with zero attached hydrogens (tertiary/aromatic N) is 2. The molecule has 1 aromatic carbocycles. The fraction of sp³-hybridized carbons (Fsp3) is 0.500. The second kappa shape index (κ2) is 7.60. The minimum Gasteiger partial charge on any atom is -0.339 e. The van der Waals surface area contributed by atoms with Gasteiger partial charge in [-0.1, -0.05) is 49.2 Å². The molecule has 0 unspecified atom stereocenters. The summed E-state index contributed by atoms with van der Waals surface area (Å²) in [5.74, 6) is 1.08. The van der Waals surface area contributed by atoms with Crippen LogP contribution in [-0.2, 0) is 15.0 Å². The van der Waals surface area contributed by atoms with Gasteiger partial charge in [0.05, 0.1) is 5.41 Å². The number of amides is 2. The molecule has 0 N–H and O–H groups in total. The Morgan fingerprint density at radius 1 is 0.897 bits per heavy atom. The third kappa shape index (κ3) is 3.39. The number of thiophene rings is 1. The number of rotatable bonds is 4. The molecule has 152 valence electrons. The lowest BCUT2D eigenvalue weighted by molar-refractivity contribution is -0.143. The molecule has 2 amide bonds. The maximum atomic E-state index is 13.5. The molecule has 0 bridgehead atoms. The molecule has 1 saturated heterocycles. The quantitative estimate of drug-likeness (QED) is 0.766. The first-order valence-electron chi connectivity index (χ1n) is 10.9. The van der Waals surface area contributed by atoms with Gasteiger partial charge in [-0.25, -0.2) is 0 Å². The fourth-order valence-corrected chi connectivity index (χ4v) is 6.28. The van der Waals surface area contributed by atoms with Gasteiger partial charge in [0.1, 0.15) is 0 Å². The molecule has 5 rings (SSSR count). The first kappa shape index (κ1) is 18.9. The highest BCUT2D eigenvalue weighted by Crippen LogP contribution is 2.48. The molecule has 3 fully saturated rings. The van der Waals surface area contributed by atoms with Crippen LogP contribution in [0.3, 0.4) is 0 Å². The summed E-state index contributed by atoms with van der Waals surface area (Å²) in [6, 6.07) is 14.6. The number of piperazine rings is 1. The zero-order valence-electron chi connectivity index (χ0n) is 16.8. The standard InChI is InChI=1S/C24H28N2O2S/c27-22(20-17-19(20)18-7-2-1-3-8-18)25-12-14-26(15-13-25)23(28)24(10-4-5-11-24)21-9-6-16-29-21/h1-3,6-9,16,19-20H,4-5,10-15,17H2/t19-,20-/m0/s1. The van der Waals surface area contributed by atoms with Crippen molar-refractivity contribution in [2.75, 3.05) is 26.2 Å². The Kier molecular flexibility index (Phi) is 4.94. The Morgan fingerprint density at radius 2 is 1.59 bits per heavy atom. The van der Waals surface area contributed by atoms with Gasteiger partial charge in [-0.15, -0.1) is 11.3 Å². The predicted octanol–water partition coefficient (Wildman–Crippen LogP) is 4.03. The highest BCUT2D eigenvalue weighted by Gasteiger charge is 2.48. The molecule has 29 heavy (non-hydrogen) atoms. The van der Waals surface area contributed by atoms with Crippen molar-refractivity contribution >= 4 is 23.2 Å². The van der Waals surface area contributed by atoms with Crippen LogP contribution in [0.4, 0.5) is 0 Å². The number of hydrogen-bond acceptors (Lipinski definition) is 3. The molecule has 2 heterocycles. The number of carbonyl (C=O) groups is 2. The van der Waals surface area contributed by atoms with Crippen LogP contribution >= 0.6 is 11.3 Å². The van der Waals surface area contributed by atoms with E-state index in [1.54, 1.807) is 11.3 Å². The Hall–Kier alpha value is -2.14. The third-order valence-corrected chi connectivity index (χ3v) is 8.15. The molecular formula is C24H28N2O2S. The minimum absolute atomic E-state index is 0.131. The van der Waals surface area contributed by atoms with Crippen LogP contribution in [0, 0.1) is 5.92 Å². The van der Waals surface area contributed by atoms with Crippen LogP contribution < -0.4 is 0 Å². The van der Waals surface area contributed by atoms with Gasteiger partial charge < -0.3 is 9.80 Å². The van der Waals surface area contributed by atoms with Crippen molar-refractivity contribution in [2.24, 2.45) is 5.92 Å². The van der Waals surface area contributed by atoms with Crippen LogP contribution in [0.25, 0.3) is 0 Å². The maximum Gasteiger partial charge on any atom is 0.234 e. The summed E-state index contributed by atoms with van der Waals surface area (Å²) in [5.41, 5.74) is 0.966. The van der Waals surface area contributed by atoms with E-state index in [0.717, 1.165) is 32.1 Å². The lowest BCUT2D eigenvalue weighted by atomic mass is 9.82. The molecule has 2 aromatic rings. The Balaban J connectivity index is 1.21. The average Bonchev–Trinajstić information content (AvgIpc) is 3.15. The SMILES string of the molecule is O=C([C@H]1C[C@H]1c1ccccc1)N1CCN(C(=O)C2(c3cccs3)CCCC2)CC1. The van der Waals surface area contributed by atoms with Gasteiger partial charge in [-0.2, -0.15) is 0 Å². The molecule has 2 aliphatic carbocycles. The number of benzene rings is 1. The minimum atomic E-state index is -0.310. The summed E-state index contributed by atoms with van der Waals surface area (Å²) in [6.07, 6.45) is 5.15. The summed E-state index contributed by atoms with van der Waals surface area (Å²) in [4.78, 5) is 31.7. The van der Waals surface area contributed by atoms with E-state index in [1.807, 2.05) is 28.0 Å². The molecule has 1 aliphatic heterocycles. The van der Waals surface area contributed by atoms with Gasteiger partial charge >= 0.3 is 0 Å². The van der Waals surface area contributed by atoms with Crippen LogP contribution in [0.2, 0.25) is 0 Å². The average molecular weight is 409 g/mol. The van der Waals surface area contributed by atoms with Crippen molar-refractivity contribution in [3.8, 4) is 0 Å². The van der Waals surface area contributed by atoms with Crippen molar-refractivity contribution < 1.29 is 9.59 Å². The topological polar surface area (TPSA) is 40.6 Å². The second-order valence-corrected chi connectivity index (χ2v) is 9.69. The Labute approximate surface area is 176 Å². The molecule has 2 atom stereocenters. The highest BCUT2D eigenvalue weighted by molar-refractivity contribution is 7.10. The van der Waals surface area contributed by atoms with Crippen molar-refractivity contribution in [2.45, 2.75) is 43.4 Å². The monoisotopic (exact) mass is 408 g/mol. The Bertz CT molecular complexity index is 866. The lowest BCUT2D eigenvalue weighted by Crippen LogP contribution is -2.55. The van der Waals surface area contributed by atoms with Crippen molar-refractivity contribution in [1.82, 2.24) is 9.80 Å². The highest BCUT2D eigenvalue weighted by atomic mass is 32.1. The van der Waals surface area contributed by atoms with Gasteiger partial charge in [-0.05, 0) is 42.2 Å². The van der Waals surface area contributed by atoms with Gasteiger partial charge in [0.25, 0.3) is 0 Å². The van der Waals surface area contributed by atoms with Crippen molar-refractivity contribution in [3.63, 3.8) is 0 Å². The Morgan fingerprint density at radius 3 is 2.24 bits per heavy atom. The maximum absolute atomic E-state index is 13.5. The molecule has 4 nitrogen and oxygen atoms in total. The van der Waals surface area contributed by atoms with Gasteiger partial charge in [0.15, 0.2) is 0 Å². The van der Waals surface area contributed by atoms with E-state index < -0.39 is 0 Å². The van der Waals surface area contributed by atoms with Crippen LogP contribution in [0.1, 0.15) is 48.5 Å². The van der Waals surface area contributed by atoms with Crippen LogP contribution in [-0.4, -0.2) is 47.8 Å². The normalized spacial score (nSPS) is 25.8. The van der Waals surface area contributed by atoms with Crippen molar-refractivity contribution in [1.29, 1.82) is 0 Å². The molecule has 2 saturated carbocycles. The van der Waals surface area contributed by atoms with E-state index in [1.165, 1.54) is 10.4 Å². The fourth-order valence-electron chi connectivity index (χ4n) is 5.30. The second-order valence-electron chi connectivity index (χ2n) is 8.74. The number of hydrogen-bond donors (Lipinski definition) is 0. The molecule has 3 aliphatic rings. The van der Waals surface area contributed by atoms with Crippen molar-refractivity contribution in [3.05, 3.63) is 58.3 Å². The molecule has 1 aromatic heterocycles. The zero-order valence-corrected chi connectivity index (χ0v) is 17.6. The van der Waals surface area contributed by atoms with E-state index >= 15 is 0 Å². The molecule has 0 spiro atoms. The zero-order chi connectivity index (χ0) is 19.8. The first-order chi connectivity index (χ1) is 14.2. The molecular weight excluding hydrogens is 380 g/mol. The summed E-state index contributed by atoms with van der Waals surface area (Å²) < 4.78 is 0. The largest absolute Gasteiger partial charge is 0.339 e. The molecule has 0 radical (unpaired) electrons. The first-order valence-corrected chi connectivity index (χ1v) is 11.7. The van der Waals surface area contributed by atoms with E-state index in [0.29, 0.717) is 32.1 Å². The van der Waals surface area contributed by atoms with Crippen LogP contribution in [0.5, 0.6) is 0 Å². The van der Waals surface area contributed by atoms with E-state index in [-0.39, 0.29) is 23.1 Å². The van der Waals surface area contributed by atoms with E-state index in [9.17, 15) is 9.59 Å². The van der Waals surface area contributed by atoms with Gasteiger partial charge in [0.2, 0.25) is 11.8 Å². The summed E-state index contributed by atoms with van der Waals surface area (Å²) in [6.45, 7) is 2.67. The predicted molar refractivity (Wildman–Crippen MR) is 115 cm³/mol. The van der Waals surface area contributed by atoms with E-state index in [2.05, 4.69) is 29.6 Å². The summed E-state index contributed by atoms with van der Waals surface area (Å²) in [5, 5.41) is 2.08. The van der Waals surface area contributed by atoms with E-state index in [4.69, 9.17) is 0 Å². The molecule has 5 heteroatoms. The summed E-state index contributed by atoms with van der Waals surface area (Å²) >= 11 is 1.72. The van der Waals surface area contributed by atoms with Crippen LogP contribution in [0.15, 0.2) is 47.8 Å².